The van der Waals surface area contributed by atoms with Crippen molar-refractivity contribution >= 4 is 29.1 Å². The lowest BCUT2D eigenvalue weighted by Gasteiger charge is -2.34. The predicted octanol–water partition coefficient (Wildman–Crippen LogP) is 3.46. The van der Waals surface area contributed by atoms with E-state index in [1.165, 1.54) is 0 Å². The number of carbonyl (C=O) groups is 1. The van der Waals surface area contributed by atoms with Crippen molar-refractivity contribution in [3.05, 3.63) is 45.6 Å². The molecule has 0 spiro atoms. The van der Waals surface area contributed by atoms with Crippen LogP contribution in [0.4, 0.5) is 0 Å². The van der Waals surface area contributed by atoms with Crippen LogP contribution >= 0.6 is 23.2 Å². The number of amides is 1. The summed E-state index contributed by atoms with van der Waals surface area (Å²) in [6.07, 6.45) is 0. The van der Waals surface area contributed by atoms with Crippen LogP contribution in [-0.4, -0.2) is 52.1 Å². The number of carbonyl (C=O) groups excluding carboxylic acids is 1. The first-order valence-corrected chi connectivity index (χ1v) is 8.98. The van der Waals surface area contributed by atoms with Gasteiger partial charge >= 0.3 is 0 Å². The van der Waals surface area contributed by atoms with Crippen molar-refractivity contribution in [3.8, 4) is 0 Å². The van der Waals surface area contributed by atoms with Gasteiger partial charge in [0.2, 0.25) is 11.8 Å². The molecule has 1 saturated heterocycles. The number of piperazine rings is 1. The Morgan fingerprint density at radius 2 is 1.88 bits per heavy atom. The largest absolute Gasteiger partial charge is 0.424 e. The zero-order valence-corrected chi connectivity index (χ0v) is 15.7. The van der Waals surface area contributed by atoms with Crippen molar-refractivity contribution < 1.29 is 9.21 Å². The Balaban J connectivity index is 1.55. The van der Waals surface area contributed by atoms with Gasteiger partial charge in [-0.05, 0) is 18.2 Å². The lowest BCUT2D eigenvalue weighted by atomic mass is 10.2. The van der Waals surface area contributed by atoms with E-state index in [1.54, 1.807) is 18.2 Å². The molecule has 0 unspecified atom stereocenters. The zero-order valence-electron chi connectivity index (χ0n) is 14.2. The number of hydrogen-bond acceptors (Lipinski definition) is 5. The summed E-state index contributed by atoms with van der Waals surface area (Å²) < 4.78 is 5.64. The van der Waals surface area contributed by atoms with E-state index in [2.05, 4.69) is 15.1 Å². The van der Waals surface area contributed by atoms with Crippen molar-refractivity contribution in [2.45, 2.75) is 26.3 Å². The summed E-state index contributed by atoms with van der Waals surface area (Å²) in [4.78, 5) is 16.6. The molecule has 8 heteroatoms. The van der Waals surface area contributed by atoms with Gasteiger partial charge < -0.3 is 9.32 Å². The summed E-state index contributed by atoms with van der Waals surface area (Å²) in [5, 5.41) is 8.97. The van der Waals surface area contributed by atoms with E-state index in [9.17, 15) is 4.79 Å². The maximum absolute atomic E-state index is 12.6. The van der Waals surface area contributed by atoms with E-state index >= 15 is 0 Å². The fourth-order valence-corrected chi connectivity index (χ4v) is 2.97. The molecule has 0 bridgehead atoms. The van der Waals surface area contributed by atoms with Gasteiger partial charge in [-0.3, -0.25) is 9.69 Å². The van der Waals surface area contributed by atoms with Crippen LogP contribution in [-0.2, 0) is 6.54 Å². The van der Waals surface area contributed by atoms with Crippen molar-refractivity contribution in [2.75, 3.05) is 26.2 Å². The van der Waals surface area contributed by atoms with Crippen LogP contribution in [0.3, 0.4) is 0 Å². The molecule has 0 aliphatic carbocycles. The summed E-state index contributed by atoms with van der Waals surface area (Å²) >= 11 is 11.9. The number of hydrogen-bond donors (Lipinski definition) is 0. The average Bonchev–Trinajstić information content (AvgIpc) is 3.06. The highest BCUT2D eigenvalue weighted by Gasteiger charge is 2.24. The number of nitrogens with zero attached hydrogens (tertiary/aromatic N) is 4. The number of benzene rings is 1. The van der Waals surface area contributed by atoms with Crippen LogP contribution in [0.1, 0.15) is 41.9 Å². The molecule has 2 heterocycles. The molecule has 1 amide bonds. The third-order valence-corrected chi connectivity index (χ3v) is 4.90. The standard InChI is InChI=1S/C17H20Cl2N4O2/c1-11(2)16-21-20-15(25-16)10-22-5-7-23(8-6-22)17(24)12-3-4-13(18)14(19)9-12/h3-4,9,11H,5-8,10H2,1-2H3. The highest BCUT2D eigenvalue weighted by Crippen LogP contribution is 2.23. The number of halogens is 2. The highest BCUT2D eigenvalue weighted by atomic mass is 35.5. The van der Waals surface area contributed by atoms with E-state index in [1.807, 2.05) is 18.7 Å². The van der Waals surface area contributed by atoms with Gasteiger partial charge in [0.05, 0.1) is 16.6 Å². The SMILES string of the molecule is CC(C)c1nnc(CN2CCN(C(=O)c3ccc(Cl)c(Cl)c3)CC2)o1. The molecule has 0 N–H and O–H groups in total. The Kier molecular flexibility index (Phi) is 5.61. The van der Waals surface area contributed by atoms with E-state index < -0.39 is 0 Å². The van der Waals surface area contributed by atoms with Gasteiger partial charge in [0, 0.05) is 37.7 Å². The van der Waals surface area contributed by atoms with Gasteiger partial charge in [-0.2, -0.15) is 0 Å². The quantitative estimate of drug-likeness (QED) is 0.809. The molecular weight excluding hydrogens is 363 g/mol. The van der Waals surface area contributed by atoms with Crippen LogP contribution in [0.2, 0.25) is 10.0 Å². The Labute approximate surface area is 156 Å². The van der Waals surface area contributed by atoms with Crippen LogP contribution in [0, 0.1) is 0 Å². The summed E-state index contributed by atoms with van der Waals surface area (Å²) in [5.74, 6) is 1.47. The first-order chi connectivity index (χ1) is 11.9. The predicted molar refractivity (Wildman–Crippen MR) is 96.0 cm³/mol. The third kappa shape index (κ3) is 4.32. The fourth-order valence-electron chi connectivity index (χ4n) is 2.68. The first kappa shape index (κ1) is 18.2. The van der Waals surface area contributed by atoms with Gasteiger partial charge in [-0.25, -0.2) is 0 Å². The minimum Gasteiger partial charge on any atom is -0.424 e. The molecule has 0 radical (unpaired) electrons. The number of aromatic nitrogens is 2. The summed E-state index contributed by atoms with van der Waals surface area (Å²) in [6.45, 7) is 7.44. The molecule has 25 heavy (non-hydrogen) atoms. The Morgan fingerprint density at radius 3 is 2.48 bits per heavy atom. The fraction of sp³-hybridized carbons (Fsp3) is 0.471. The van der Waals surface area contributed by atoms with Gasteiger partial charge in [-0.1, -0.05) is 37.0 Å². The number of rotatable bonds is 4. The van der Waals surface area contributed by atoms with Crippen molar-refractivity contribution in [1.29, 1.82) is 0 Å². The molecule has 1 aliphatic rings. The normalized spacial score (nSPS) is 15.8. The molecule has 134 valence electrons. The molecule has 1 aliphatic heterocycles. The third-order valence-electron chi connectivity index (χ3n) is 4.16. The summed E-state index contributed by atoms with van der Waals surface area (Å²) in [6, 6.07) is 4.97. The molecule has 1 fully saturated rings. The molecular formula is C17H20Cl2N4O2. The van der Waals surface area contributed by atoms with E-state index in [-0.39, 0.29) is 11.8 Å². The minimum absolute atomic E-state index is 0.0295. The molecule has 0 saturated carbocycles. The molecule has 1 aromatic carbocycles. The second-order valence-electron chi connectivity index (χ2n) is 6.39. The van der Waals surface area contributed by atoms with Gasteiger partial charge in [0.25, 0.3) is 5.91 Å². The Morgan fingerprint density at radius 1 is 1.16 bits per heavy atom. The molecule has 0 atom stereocenters. The first-order valence-electron chi connectivity index (χ1n) is 8.23. The minimum atomic E-state index is -0.0295. The summed E-state index contributed by atoms with van der Waals surface area (Å²) in [7, 11) is 0. The second kappa shape index (κ2) is 7.72. The lowest BCUT2D eigenvalue weighted by Crippen LogP contribution is -2.48. The average molecular weight is 383 g/mol. The molecule has 6 nitrogen and oxygen atoms in total. The zero-order chi connectivity index (χ0) is 18.0. The monoisotopic (exact) mass is 382 g/mol. The molecule has 3 rings (SSSR count). The smallest absolute Gasteiger partial charge is 0.253 e. The Bertz CT molecular complexity index is 755. The lowest BCUT2D eigenvalue weighted by molar-refractivity contribution is 0.0617. The topological polar surface area (TPSA) is 62.5 Å². The van der Waals surface area contributed by atoms with Gasteiger partial charge in [0.1, 0.15) is 0 Å². The van der Waals surface area contributed by atoms with Gasteiger partial charge in [-0.15, -0.1) is 10.2 Å². The maximum Gasteiger partial charge on any atom is 0.253 e. The Hall–Kier alpha value is -1.63. The van der Waals surface area contributed by atoms with Crippen LogP contribution < -0.4 is 0 Å². The second-order valence-corrected chi connectivity index (χ2v) is 7.20. The van der Waals surface area contributed by atoms with E-state index in [0.29, 0.717) is 47.0 Å². The van der Waals surface area contributed by atoms with Crippen LogP contribution in [0.5, 0.6) is 0 Å². The van der Waals surface area contributed by atoms with E-state index in [0.717, 1.165) is 13.1 Å². The van der Waals surface area contributed by atoms with Crippen LogP contribution in [0.15, 0.2) is 22.6 Å². The van der Waals surface area contributed by atoms with Crippen molar-refractivity contribution in [1.82, 2.24) is 20.0 Å². The maximum atomic E-state index is 12.6. The summed E-state index contributed by atoms with van der Waals surface area (Å²) in [5.41, 5.74) is 0.557. The highest BCUT2D eigenvalue weighted by molar-refractivity contribution is 6.42. The van der Waals surface area contributed by atoms with Crippen LogP contribution in [0.25, 0.3) is 0 Å². The van der Waals surface area contributed by atoms with Crippen molar-refractivity contribution in [3.63, 3.8) is 0 Å². The van der Waals surface area contributed by atoms with Gasteiger partial charge in [0.15, 0.2) is 0 Å². The molecule has 1 aromatic heterocycles. The van der Waals surface area contributed by atoms with E-state index in [4.69, 9.17) is 27.6 Å². The van der Waals surface area contributed by atoms with Crippen molar-refractivity contribution in [2.24, 2.45) is 0 Å². The molecule has 2 aromatic rings.